The number of aromatic nitrogens is 1. The molecule has 1 aromatic heterocycles. The molecule has 0 spiro atoms. The first-order valence-corrected chi connectivity index (χ1v) is 8.34. The standard InChI is InChI=1S/C17H30N4/c1-4-7-16(14-19-15(2)3)20-10-12-21(13-11-20)17-8-5-6-9-18-17/h5-6,8-9,15-16,19H,4,7,10-14H2,1-3H3. The summed E-state index contributed by atoms with van der Waals surface area (Å²) >= 11 is 0. The van der Waals surface area contributed by atoms with Crippen LogP contribution in [0.15, 0.2) is 24.4 Å². The monoisotopic (exact) mass is 290 g/mol. The quantitative estimate of drug-likeness (QED) is 0.835. The first-order valence-electron chi connectivity index (χ1n) is 8.34. The number of anilines is 1. The maximum absolute atomic E-state index is 4.46. The fourth-order valence-corrected chi connectivity index (χ4v) is 2.98. The Morgan fingerprint density at radius 3 is 2.52 bits per heavy atom. The van der Waals surface area contributed by atoms with Gasteiger partial charge in [-0.15, -0.1) is 0 Å². The molecular formula is C17H30N4. The summed E-state index contributed by atoms with van der Waals surface area (Å²) in [4.78, 5) is 9.51. The van der Waals surface area contributed by atoms with Gasteiger partial charge in [0.15, 0.2) is 0 Å². The summed E-state index contributed by atoms with van der Waals surface area (Å²) in [5.74, 6) is 1.12. The normalized spacial score (nSPS) is 18.2. The number of rotatable bonds is 7. The van der Waals surface area contributed by atoms with Crippen molar-refractivity contribution in [3.05, 3.63) is 24.4 Å². The SMILES string of the molecule is CCCC(CNC(C)C)N1CCN(c2ccccn2)CC1. The molecule has 1 atom stereocenters. The van der Waals surface area contributed by atoms with E-state index >= 15 is 0 Å². The van der Waals surface area contributed by atoms with Gasteiger partial charge in [-0.2, -0.15) is 0 Å². The molecule has 0 saturated carbocycles. The third-order valence-electron chi connectivity index (χ3n) is 4.19. The van der Waals surface area contributed by atoms with Crippen LogP contribution in [0.5, 0.6) is 0 Å². The average Bonchev–Trinajstić information content (AvgIpc) is 2.52. The first kappa shape index (κ1) is 16.2. The second kappa shape index (κ2) is 8.35. The Balaban J connectivity index is 1.85. The van der Waals surface area contributed by atoms with Crippen LogP contribution in [0.1, 0.15) is 33.6 Å². The Kier molecular flexibility index (Phi) is 6.46. The minimum absolute atomic E-state index is 0.569. The lowest BCUT2D eigenvalue weighted by Crippen LogP contribution is -2.53. The fraction of sp³-hybridized carbons (Fsp3) is 0.706. The van der Waals surface area contributed by atoms with Gasteiger partial charge in [0.2, 0.25) is 0 Å². The molecule has 0 aromatic carbocycles. The van der Waals surface area contributed by atoms with Gasteiger partial charge in [-0.25, -0.2) is 4.98 Å². The minimum Gasteiger partial charge on any atom is -0.354 e. The summed E-state index contributed by atoms with van der Waals surface area (Å²) in [6, 6.07) is 7.40. The zero-order valence-corrected chi connectivity index (χ0v) is 13.8. The summed E-state index contributed by atoms with van der Waals surface area (Å²) in [6.07, 6.45) is 4.42. The van der Waals surface area contributed by atoms with Crippen molar-refractivity contribution >= 4 is 5.82 Å². The van der Waals surface area contributed by atoms with E-state index in [0.29, 0.717) is 12.1 Å². The molecule has 1 aliphatic rings. The van der Waals surface area contributed by atoms with E-state index in [9.17, 15) is 0 Å². The lowest BCUT2D eigenvalue weighted by molar-refractivity contribution is 0.169. The molecule has 0 aliphatic carbocycles. The van der Waals surface area contributed by atoms with E-state index in [1.807, 2.05) is 12.3 Å². The molecule has 2 rings (SSSR count). The molecule has 0 radical (unpaired) electrons. The van der Waals surface area contributed by atoms with E-state index in [2.05, 4.69) is 53.0 Å². The highest BCUT2D eigenvalue weighted by Gasteiger charge is 2.23. The van der Waals surface area contributed by atoms with E-state index in [-0.39, 0.29) is 0 Å². The number of nitrogens with one attached hydrogen (secondary N) is 1. The largest absolute Gasteiger partial charge is 0.354 e. The Hall–Kier alpha value is -1.13. The summed E-state index contributed by atoms with van der Waals surface area (Å²) in [5.41, 5.74) is 0. The number of hydrogen-bond donors (Lipinski definition) is 1. The van der Waals surface area contributed by atoms with Crippen molar-refractivity contribution in [2.45, 2.75) is 45.7 Å². The van der Waals surface area contributed by atoms with Gasteiger partial charge >= 0.3 is 0 Å². The van der Waals surface area contributed by atoms with Crippen molar-refractivity contribution in [2.24, 2.45) is 0 Å². The van der Waals surface area contributed by atoms with Crippen molar-refractivity contribution in [1.29, 1.82) is 0 Å². The Labute approximate surface area is 129 Å². The zero-order valence-electron chi connectivity index (χ0n) is 13.8. The third-order valence-corrected chi connectivity index (χ3v) is 4.19. The molecule has 118 valence electrons. The van der Waals surface area contributed by atoms with Crippen LogP contribution in [0.4, 0.5) is 5.82 Å². The van der Waals surface area contributed by atoms with Crippen LogP contribution in [0.2, 0.25) is 0 Å². The van der Waals surface area contributed by atoms with E-state index in [1.54, 1.807) is 0 Å². The zero-order chi connectivity index (χ0) is 15.1. The van der Waals surface area contributed by atoms with E-state index < -0.39 is 0 Å². The van der Waals surface area contributed by atoms with Crippen LogP contribution in [0, 0.1) is 0 Å². The van der Waals surface area contributed by atoms with Gasteiger partial charge < -0.3 is 10.2 Å². The number of hydrogen-bond acceptors (Lipinski definition) is 4. The number of nitrogens with zero attached hydrogens (tertiary/aromatic N) is 3. The van der Waals surface area contributed by atoms with Crippen molar-refractivity contribution in [2.75, 3.05) is 37.6 Å². The molecule has 0 amide bonds. The molecule has 4 nitrogen and oxygen atoms in total. The molecule has 1 aromatic rings. The van der Waals surface area contributed by atoms with Crippen LogP contribution in [0.25, 0.3) is 0 Å². The summed E-state index contributed by atoms with van der Waals surface area (Å²) in [6.45, 7) is 12.3. The van der Waals surface area contributed by atoms with Crippen molar-refractivity contribution in [3.8, 4) is 0 Å². The van der Waals surface area contributed by atoms with Crippen LogP contribution in [0.3, 0.4) is 0 Å². The predicted octanol–water partition coefficient (Wildman–Crippen LogP) is 2.37. The molecule has 1 unspecified atom stereocenters. The smallest absolute Gasteiger partial charge is 0.128 e. The maximum Gasteiger partial charge on any atom is 0.128 e. The van der Waals surface area contributed by atoms with Gasteiger partial charge in [-0.3, -0.25) is 4.90 Å². The maximum atomic E-state index is 4.46. The van der Waals surface area contributed by atoms with E-state index in [1.165, 1.54) is 12.8 Å². The highest BCUT2D eigenvalue weighted by atomic mass is 15.3. The van der Waals surface area contributed by atoms with Crippen LogP contribution >= 0.6 is 0 Å². The third kappa shape index (κ3) is 4.97. The van der Waals surface area contributed by atoms with E-state index in [0.717, 1.165) is 38.5 Å². The minimum atomic E-state index is 0.569. The van der Waals surface area contributed by atoms with E-state index in [4.69, 9.17) is 0 Å². The predicted molar refractivity (Wildman–Crippen MR) is 89.9 cm³/mol. The highest BCUT2D eigenvalue weighted by molar-refractivity contribution is 5.38. The van der Waals surface area contributed by atoms with Gasteiger partial charge in [0.25, 0.3) is 0 Å². The average molecular weight is 290 g/mol. The molecule has 21 heavy (non-hydrogen) atoms. The summed E-state index contributed by atoms with van der Waals surface area (Å²) in [7, 11) is 0. The molecular weight excluding hydrogens is 260 g/mol. The van der Waals surface area contributed by atoms with Gasteiger partial charge in [-0.05, 0) is 18.6 Å². The topological polar surface area (TPSA) is 31.4 Å². The Bertz CT molecular complexity index is 385. The molecule has 1 saturated heterocycles. The van der Waals surface area contributed by atoms with Crippen molar-refractivity contribution in [3.63, 3.8) is 0 Å². The lowest BCUT2D eigenvalue weighted by Gasteiger charge is -2.40. The Morgan fingerprint density at radius 2 is 1.95 bits per heavy atom. The molecule has 2 heterocycles. The highest BCUT2D eigenvalue weighted by Crippen LogP contribution is 2.15. The van der Waals surface area contributed by atoms with Crippen LogP contribution in [-0.2, 0) is 0 Å². The fourth-order valence-electron chi connectivity index (χ4n) is 2.98. The van der Waals surface area contributed by atoms with Gasteiger partial charge in [0, 0.05) is 51.0 Å². The summed E-state index contributed by atoms with van der Waals surface area (Å²) < 4.78 is 0. The first-order chi connectivity index (χ1) is 10.2. The number of pyridine rings is 1. The lowest BCUT2D eigenvalue weighted by atomic mass is 10.1. The van der Waals surface area contributed by atoms with Gasteiger partial charge in [0.1, 0.15) is 5.82 Å². The molecule has 1 fully saturated rings. The number of piperazine rings is 1. The van der Waals surface area contributed by atoms with Gasteiger partial charge in [-0.1, -0.05) is 33.3 Å². The van der Waals surface area contributed by atoms with Gasteiger partial charge in [0.05, 0.1) is 0 Å². The summed E-state index contributed by atoms with van der Waals surface area (Å²) in [5, 5.41) is 3.60. The van der Waals surface area contributed by atoms with Crippen LogP contribution < -0.4 is 10.2 Å². The molecule has 0 bridgehead atoms. The molecule has 1 N–H and O–H groups in total. The second-order valence-corrected chi connectivity index (χ2v) is 6.22. The van der Waals surface area contributed by atoms with Crippen molar-refractivity contribution in [1.82, 2.24) is 15.2 Å². The van der Waals surface area contributed by atoms with Crippen molar-refractivity contribution < 1.29 is 0 Å². The second-order valence-electron chi connectivity index (χ2n) is 6.22. The molecule has 4 heteroatoms. The van der Waals surface area contributed by atoms with Crippen LogP contribution in [-0.4, -0.2) is 54.7 Å². The Morgan fingerprint density at radius 1 is 1.19 bits per heavy atom. The molecule has 1 aliphatic heterocycles.